The van der Waals surface area contributed by atoms with Crippen LogP contribution in [-0.2, 0) is 19.1 Å². The molecule has 2 saturated heterocycles. The SMILES string of the molecule is COCC(=O)N1CC[C@H](CNc2ncc(-c3ccc4cc(-c5cnc([C@@H]6CCCN6C(=O)COC)[nH]5)ccc4c3)cn2)C1. The molecular formula is C32H37N7O4. The van der Waals surface area contributed by atoms with Crippen LogP contribution in [0.1, 0.15) is 31.1 Å². The molecule has 2 atom stereocenters. The van der Waals surface area contributed by atoms with Gasteiger partial charge in [0.05, 0.1) is 17.9 Å². The molecule has 0 saturated carbocycles. The number of hydrogen-bond acceptors (Lipinski definition) is 8. The summed E-state index contributed by atoms with van der Waals surface area (Å²) < 4.78 is 10.0. The highest BCUT2D eigenvalue weighted by Crippen LogP contribution is 2.33. The third-order valence-electron chi connectivity index (χ3n) is 8.34. The van der Waals surface area contributed by atoms with E-state index >= 15 is 0 Å². The number of H-pyrrole nitrogens is 1. The maximum Gasteiger partial charge on any atom is 0.249 e. The Bertz CT molecular complexity index is 1590. The first-order chi connectivity index (χ1) is 21.0. The molecule has 0 spiro atoms. The highest BCUT2D eigenvalue weighted by atomic mass is 16.5. The van der Waals surface area contributed by atoms with Crippen molar-refractivity contribution < 1.29 is 19.1 Å². The molecule has 11 heteroatoms. The first-order valence-electron chi connectivity index (χ1n) is 14.7. The molecule has 0 bridgehead atoms. The van der Waals surface area contributed by atoms with Crippen LogP contribution in [0, 0.1) is 5.92 Å². The van der Waals surface area contributed by atoms with Crippen molar-refractivity contribution in [2.75, 3.05) is 58.9 Å². The van der Waals surface area contributed by atoms with Gasteiger partial charge in [0.1, 0.15) is 19.0 Å². The Labute approximate surface area is 250 Å². The molecule has 0 unspecified atom stereocenters. The largest absolute Gasteiger partial charge is 0.375 e. The normalized spacial score (nSPS) is 18.5. The van der Waals surface area contributed by atoms with Gasteiger partial charge in [0.25, 0.3) is 0 Å². The van der Waals surface area contributed by atoms with Crippen molar-refractivity contribution in [3.63, 3.8) is 0 Å². The number of rotatable bonds is 10. The molecule has 0 radical (unpaired) electrons. The van der Waals surface area contributed by atoms with Crippen molar-refractivity contribution in [3.8, 4) is 22.4 Å². The van der Waals surface area contributed by atoms with E-state index in [-0.39, 0.29) is 31.1 Å². The summed E-state index contributed by atoms with van der Waals surface area (Å²) in [6.45, 7) is 3.15. The molecule has 2 fully saturated rings. The van der Waals surface area contributed by atoms with Crippen LogP contribution in [0.4, 0.5) is 5.95 Å². The van der Waals surface area contributed by atoms with E-state index in [4.69, 9.17) is 9.47 Å². The van der Waals surface area contributed by atoms with Crippen LogP contribution in [0.3, 0.4) is 0 Å². The standard InChI is InChI=1S/C32H37N7O4/c1-42-19-29(40)38-11-9-21(18-38)14-34-32-35-15-26(16-36-32)24-6-5-23-13-25(8-7-22(23)12-24)27-17-33-31(37-27)28-4-3-10-39(28)30(41)20-43-2/h5-8,12-13,15-17,21,28H,3-4,9-11,14,18-20H2,1-2H3,(H,33,37)(H,34,35,36)/t21-,28+/m1/s1. The van der Waals surface area contributed by atoms with Crippen molar-refractivity contribution in [1.82, 2.24) is 29.7 Å². The molecule has 224 valence electrons. The summed E-state index contributed by atoms with van der Waals surface area (Å²) in [6.07, 6.45) is 8.32. The van der Waals surface area contributed by atoms with Crippen LogP contribution in [0.15, 0.2) is 55.0 Å². The van der Waals surface area contributed by atoms with Crippen LogP contribution >= 0.6 is 0 Å². The minimum Gasteiger partial charge on any atom is -0.375 e. The van der Waals surface area contributed by atoms with E-state index in [9.17, 15) is 9.59 Å². The molecule has 2 aliphatic rings. The Balaban J connectivity index is 1.09. The quantitative estimate of drug-likeness (QED) is 0.288. The number of likely N-dealkylation sites (tertiary alicyclic amines) is 2. The van der Waals surface area contributed by atoms with Crippen LogP contribution in [0.2, 0.25) is 0 Å². The van der Waals surface area contributed by atoms with E-state index in [2.05, 4.69) is 61.7 Å². The van der Waals surface area contributed by atoms with Gasteiger partial charge in [-0.3, -0.25) is 9.59 Å². The van der Waals surface area contributed by atoms with Gasteiger partial charge in [-0.25, -0.2) is 15.0 Å². The number of hydrogen-bond donors (Lipinski definition) is 2. The number of anilines is 1. The van der Waals surface area contributed by atoms with E-state index < -0.39 is 0 Å². The molecule has 2 aromatic carbocycles. The lowest BCUT2D eigenvalue weighted by Gasteiger charge is -2.22. The second kappa shape index (κ2) is 12.9. The number of amides is 2. The number of benzene rings is 2. The Kier molecular flexibility index (Phi) is 8.62. The van der Waals surface area contributed by atoms with Gasteiger partial charge < -0.3 is 29.6 Å². The topological polar surface area (TPSA) is 126 Å². The number of methoxy groups -OCH3 is 2. The van der Waals surface area contributed by atoms with Gasteiger partial charge in [-0.1, -0.05) is 24.3 Å². The maximum absolute atomic E-state index is 12.5. The number of aromatic amines is 1. The summed E-state index contributed by atoms with van der Waals surface area (Å²) >= 11 is 0. The fraction of sp³-hybridized carbons (Fsp3) is 0.406. The Morgan fingerprint density at radius 1 is 0.884 bits per heavy atom. The molecule has 6 rings (SSSR count). The van der Waals surface area contributed by atoms with E-state index in [1.54, 1.807) is 14.2 Å². The van der Waals surface area contributed by atoms with Gasteiger partial charge in [-0.2, -0.15) is 0 Å². The van der Waals surface area contributed by atoms with Gasteiger partial charge in [0.15, 0.2) is 0 Å². The van der Waals surface area contributed by atoms with Crippen molar-refractivity contribution in [2.45, 2.75) is 25.3 Å². The summed E-state index contributed by atoms with van der Waals surface area (Å²) in [6, 6.07) is 12.6. The number of carbonyl (C=O) groups excluding carboxylic acids is 2. The van der Waals surface area contributed by atoms with Crippen molar-refractivity contribution in [1.29, 1.82) is 0 Å². The van der Waals surface area contributed by atoms with Crippen LogP contribution in [0.25, 0.3) is 33.2 Å². The molecule has 2 amide bonds. The van der Waals surface area contributed by atoms with Crippen molar-refractivity contribution in [3.05, 3.63) is 60.8 Å². The summed E-state index contributed by atoms with van der Waals surface area (Å²) in [4.78, 5) is 45.3. The lowest BCUT2D eigenvalue weighted by molar-refractivity contribution is -0.136. The molecule has 4 aromatic rings. The van der Waals surface area contributed by atoms with Gasteiger partial charge in [-0.05, 0) is 53.6 Å². The summed E-state index contributed by atoms with van der Waals surface area (Å²) in [5.74, 6) is 1.79. The Morgan fingerprint density at radius 3 is 2.37 bits per heavy atom. The zero-order valence-electron chi connectivity index (χ0n) is 24.6. The number of fused-ring (bicyclic) bond motifs is 1. The van der Waals surface area contributed by atoms with E-state index in [1.807, 2.05) is 28.4 Å². The second-order valence-corrected chi connectivity index (χ2v) is 11.2. The zero-order valence-corrected chi connectivity index (χ0v) is 24.6. The van der Waals surface area contributed by atoms with Gasteiger partial charge in [-0.15, -0.1) is 0 Å². The predicted molar refractivity (Wildman–Crippen MR) is 163 cm³/mol. The van der Waals surface area contributed by atoms with Gasteiger partial charge >= 0.3 is 0 Å². The number of carbonyl (C=O) groups is 2. The summed E-state index contributed by atoms with van der Waals surface area (Å²) in [7, 11) is 3.09. The molecule has 0 aliphatic carbocycles. The van der Waals surface area contributed by atoms with Crippen LogP contribution in [0.5, 0.6) is 0 Å². The minimum absolute atomic E-state index is 0.00551. The summed E-state index contributed by atoms with van der Waals surface area (Å²) in [5.41, 5.74) is 3.95. The average molecular weight is 584 g/mol. The monoisotopic (exact) mass is 583 g/mol. The van der Waals surface area contributed by atoms with Crippen LogP contribution in [-0.4, -0.2) is 95.2 Å². The molecular weight excluding hydrogens is 546 g/mol. The zero-order chi connectivity index (χ0) is 29.8. The van der Waals surface area contributed by atoms with E-state index in [1.165, 1.54) is 0 Å². The maximum atomic E-state index is 12.5. The van der Waals surface area contributed by atoms with E-state index in [0.29, 0.717) is 11.9 Å². The number of aromatic nitrogens is 4. The Morgan fingerprint density at radius 2 is 1.60 bits per heavy atom. The van der Waals surface area contributed by atoms with Gasteiger partial charge in [0.2, 0.25) is 17.8 Å². The smallest absolute Gasteiger partial charge is 0.249 e. The third kappa shape index (κ3) is 6.37. The first-order valence-corrected chi connectivity index (χ1v) is 14.7. The highest BCUT2D eigenvalue weighted by Gasteiger charge is 2.32. The van der Waals surface area contributed by atoms with Crippen LogP contribution < -0.4 is 5.32 Å². The third-order valence-corrected chi connectivity index (χ3v) is 8.34. The van der Waals surface area contributed by atoms with Crippen molar-refractivity contribution >= 4 is 28.5 Å². The second-order valence-electron chi connectivity index (χ2n) is 11.2. The number of ether oxygens (including phenoxy) is 2. The first kappa shape index (κ1) is 28.8. The number of imidazole rings is 1. The number of nitrogens with zero attached hydrogens (tertiary/aromatic N) is 5. The van der Waals surface area contributed by atoms with Crippen molar-refractivity contribution in [2.24, 2.45) is 5.92 Å². The molecule has 2 N–H and O–H groups in total. The molecule has 43 heavy (non-hydrogen) atoms. The predicted octanol–water partition coefficient (Wildman–Crippen LogP) is 3.90. The average Bonchev–Trinajstić information content (AvgIpc) is 3.81. The lowest BCUT2D eigenvalue weighted by Crippen LogP contribution is -2.33. The lowest BCUT2D eigenvalue weighted by atomic mass is 10.0. The Hall–Kier alpha value is -4.35. The highest BCUT2D eigenvalue weighted by molar-refractivity contribution is 5.90. The van der Waals surface area contributed by atoms with Gasteiger partial charge in [0, 0.05) is 63.9 Å². The number of nitrogens with one attached hydrogen (secondary N) is 2. The summed E-state index contributed by atoms with van der Waals surface area (Å²) in [5, 5.41) is 5.55. The minimum atomic E-state index is -0.0481. The molecule has 2 aliphatic heterocycles. The van der Waals surface area contributed by atoms with E-state index in [0.717, 1.165) is 84.4 Å². The molecule has 11 nitrogen and oxygen atoms in total. The fourth-order valence-corrected chi connectivity index (χ4v) is 6.05. The fourth-order valence-electron chi connectivity index (χ4n) is 6.05. The molecule has 2 aromatic heterocycles. The molecule has 4 heterocycles.